The van der Waals surface area contributed by atoms with Crippen LogP contribution in [0.25, 0.3) is 0 Å². The zero-order valence-electron chi connectivity index (χ0n) is 10.1. The first-order chi connectivity index (χ1) is 9.15. The van der Waals surface area contributed by atoms with Crippen LogP contribution < -0.4 is 0 Å². The van der Waals surface area contributed by atoms with Gasteiger partial charge in [0.1, 0.15) is 11.9 Å². The van der Waals surface area contributed by atoms with Crippen LogP contribution in [-0.4, -0.2) is 5.11 Å². The van der Waals surface area contributed by atoms with E-state index in [-0.39, 0.29) is 5.56 Å². The molecule has 2 nitrogen and oxygen atoms in total. The van der Waals surface area contributed by atoms with Crippen LogP contribution in [0, 0.1) is 5.82 Å². The van der Waals surface area contributed by atoms with Gasteiger partial charge in [0.2, 0.25) is 0 Å². The Balaban J connectivity index is 1.99. The molecule has 0 saturated carbocycles. The van der Waals surface area contributed by atoms with Gasteiger partial charge in [-0.1, -0.05) is 34.1 Å². The van der Waals surface area contributed by atoms with Gasteiger partial charge in [-0.2, -0.15) is 0 Å². The third-order valence-electron chi connectivity index (χ3n) is 3.31. The molecule has 0 fully saturated rings. The highest BCUT2D eigenvalue weighted by Gasteiger charge is 2.18. The minimum absolute atomic E-state index is 0.272. The lowest BCUT2D eigenvalue weighted by atomic mass is 9.97. The van der Waals surface area contributed by atoms with Crippen molar-refractivity contribution in [2.45, 2.75) is 19.3 Å². The topological polar surface area (TPSA) is 29.5 Å². The van der Waals surface area contributed by atoms with Crippen LogP contribution >= 0.6 is 15.9 Å². The summed E-state index contributed by atoms with van der Waals surface area (Å²) in [4.78, 5) is 0. The Morgan fingerprint density at radius 3 is 2.74 bits per heavy atom. The first-order valence-electron chi connectivity index (χ1n) is 5.97. The molecule has 0 aliphatic carbocycles. The molecule has 1 aliphatic heterocycles. The van der Waals surface area contributed by atoms with Crippen molar-refractivity contribution in [1.82, 2.24) is 0 Å². The lowest BCUT2D eigenvalue weighted by Crippen LogP contribution is -2.03. The molecule has 2 aromatic carbocycles. The summed E-state index contributed by atoms with van der Waals surface area (Å²) in [7, 11) is 0. The maximum Gasteiger partial charge on any atom is 0.129 e. The number of halogens is 2. The van der Waals surface area contributed by atoms with Crippen molar-refractivity contribution >= 4 is 15.9 Å². The molecule has 3 rings (SSSR count). The van der Waals surface area contributed by atoms with Gasteiger partial charge in [0.15, 0.2) is 0 Å². The van der Waals surface area contributed by atoms with Gasteiger partial charge in [-0.15, -0.1) is 0 Å². The van der Waals surface area contributed by atoms with Crippen molar-refractivity contribution in [2.24, 2.45) is 0 Å². The Morgan fingerprint density at radius 2 is 1.89 bits per heavy atom. The van der Waals surface area contributed by atoms with E-state index in [1.54, 1.807) is 12.1 Å². The first-order valence-corrected chi connectivity index (χ1v) is 6.77. The van der Waals surface area contributed by atoms with E-state index in [1.807, 2.05) is 18.2 Å². The van der Waals surface area contributed by atoms with Crippen LogP contribution in [0.3, 0.4) is 0 Å². The van der Waals surface area contributed by atoms with Gasteiger partial charge in [-0.3, -0.25) is 0 Å². The second-order valence-corrected chi connectivity index (χ2v) is 5.50. The molecule has 0 spiro atoms. The van der Waals surface area contributed by atoms with Crippen LogP contribution in [0.4, 0.5) is 4.39 Å². The van der Waals surface area contributed by atoms with Crippen molar-refractivity contribution in [2.75, 3.05) is 0 Å². The van der Waals surface area contributed by atoms with Gasteiger partial charge in [-0.25, -0.2) is 4.39 Å². The van der Waals surface area contributed by atoms with E-state index in [0.717, 1.165) is 15.6 Å². The summed E-state index contributed by atoms with van der Waals surface area (Å²) >= 11 is 3.29. The van der Waals surface area contributed by atoms with Gasteiger partial charge in [0.05, 0.1) is 13.2 Å². The summed E-state index contributed by atoms with van der Waals surface area (Å²) in [5, 5.41) is 10.3. The molecule has 1 unspecified atom stereocenters. The van der Waals surface area contributed by atoms with Crippen LogP contribution in [0.2, 0.25) is 0 Å². The summed E-state index contributed by atoms with van der Waals surface area (Å²) in [5.41, 5.74) is 3.15. The second-order valence-electron chi connectivity index (χ2n) is 4.59. The van der Waals surface area contributed by atoms with E-state index in [4.69, 9.17) is 4.74 Å². The van der Waals surface area contributed by atoms with Crippen LogP contribution in [0.15, 0.2) is 40.9 Å². The minimum atomic E-state index is -0.969. The normalized spacial score (nSPS) is 15.3. The Kier molecular flexibility index (Phi) is 3.39. The van der Waals surface area contributed by atoms with E-state index in [2.05, 4.69) is 15.9 Å². The summed E-state index contributed by atoms with van der Waals surface area (Å²) in [6.45, 7) is 1.16. The van der Waals surface area contributed by atoms with E-state index in [0.29, 0.717) is 18.8 Å². The largest absolute Gasteiger partial charge is 0.384 e. The van der Waals surface area contributed by atoms with Gasteiger partial charge in [0.25, 0.3) is 0 Å². The molecule has 2 aromatic rings. The zero-order chi connectivity index (χ0) is 13.4. The molecule has 1 atom stereocenters. The van der Waals surface area contributed by atoms with E-state index in [1.165, 1.54) is 6.07 Å². The molecule has 19 heavy (non-hydrogen) atoms. The van der Waals surface area contributed by atoms with Crippen LogP contribution in [-0.2, 0) is 18.0 Å². The number of ether oxygens (including phenoxy) is 1. The Bertz CT molecular complexity index is 628. The fourth-order valence-corrected chi connectivity index (χ4v) is 2.64. The maximum absolute atomic E-state index is 13.8. The van der Waals surface area contributed by atoms with Crippen molar-refractivity contribution in [3.05, 3.63) is 68.9 Å². The average Bonchev–Trinajstić information content (AvgIpc) is 2.88. The van der Waals surface area contributed by atoms with Crippen molar-refractivity contribution < 1.29 is 14.2 Å². The SMILES string of the molecule is OC(c1ccc2c(c1)COC2)c1cc(Br)ccc1F. The number of benzene rings is 2. The lowest BCUT2D eigenvalue weighted by molar-refractivity contribution is 0.134. The van der Waals surface area contributed by atoms with Gasteiger partial charge in [-0.05, 0) is 34.9 Å². The molecule has 0 saturated heterocycles. The molecule has 1 aliphatic rings. The van der Waals surface area contributed by atoms with Crippen molar-refractivity contribution in [1.29, 1.82) is 0 Å². The van der Waals surface area contributed by atoms with Crippen LogP contribution in [0.5, 0.6) is 0 Å². The van der Waals surface area contributed by atoms with Gasteiger partial charge in [0, 0.05) is 10.0 Å². The molecule has 4 heteroatoms. The van der Waals surface area contributed by atoms with Crippen molar-refractivity contribution in [3.63, 3.8) is 0 Å². The quantitative estimate of drug-likeness (QED) is 0.913. The summed E-state index contributed by atoms with van der Waals surface area (Å²) < 4.78 is 19.9. The number of hydrogen-bond donors (Lipinski definition) is 1. The standard InChI is InChI=1S/C15H12BrFO2/c16-12-3-4-14(17)13(6-12)15(18)9-1-2-10-7-19-8-11(10)5-9/h1-6,15,18H,7-8H2. The Hall–Kier alpha value is -1.23. The highest BCUT2D eigenvalue weighted by atomic mass is 79.9. The first kappa shape index (κ1) is 12.8. The second kappa shape index (κ2) is 5.04. The molecule has 98 valence electrons. The monoisotopic (exact) mass is 322 g/mol. The third-order valence-corrected chi connectivity index (χ3v) is 3.81. The number of hydrogen-bond acceptors (Lipinski definition) is 2. The zero-order valence-corrected chi connectivity index (χ0v) is 11.7. The Labute approximate surface area is 119 Å². The number of aliphatic hydroxyl groups is 1. The highest BCUT2D eigenvalue weighted by molar-refractivity contribution is 9.10. The fraction of sp³-hybridized carbons (Fsp3) is 0.200. The predicted octanol–water partition coefficient (Wildman–Crippen LogP) is 3.70. The smallest absolute Gasteiger partial charge is 0.129 e. The predicted molar refractivity (Wildman–Crippen MR) is 73.1 cm³/mol. The van der Waals surface area contributed by atoms with E-state index in [9.17, 15) is 9.50 Å². The van der Waals surface area contributed by atoms with Crippen molar-refractivity contribution in [3.8, 4) is 0 Å². The number of rotatable bonds is 2. The van der Waals surface area contributed by atoms with Crippen LogP contribution in [0.1, 0.15) is 28.4 Å². The van der Waals surface area contributed by atoms with Gasteiger partial charge >= 0.3 is 0 Å². The fourth-order valence-electron chi connectivity index (χ4n) is 2.27. The molecule has 0 aromatic heterocycles. The molecule has 1 N–H and O–H groups in total. The highest BCUT2D eigenvalue weighted by Crippen LogP contribution is 2.30. The number of fused-ring (bicyclic) bond motifs is 1. The summed E-state index contributed by atoms with van der Waals surface area (Å²) in [5.74, 6) is -0.410. The molecule has 0 radical (unpaired) electrons. The maximum atomic E-state index is 13.8. The number of aliphatic hydroxyl groups excluding tert-OH is 1. The molecule has 0 amide bonds. The van der Waals surface area contributed by atoms with E-state index >= 15 is 0 Å². The molecule has 0 bridgehead atoms. The summed E-state index contributed by atoms with van der Waals surface area (Å²) in [6.07, 6.45) is -0.969. The molecule has 1 heterocycles. The Morgan fingerprint density at radius 1 is 1.11 bits per heavy atom. The average molecular weight is 323 g/mol. The minimum Gasteiger partial charge on any atom is -0.384 e. The van der Waals surface area contributed by atoms with E-state index < -0.39 is 11.9 Å². The summed E-state index contributed by atoms with van der Waals surface area (Å²) in [6, 6.07) is 10.2. The lowest BCUT2D eigenvalue weighted by Gasteiger charge is -2.14. The molecular formula is C15H12BrFO2. The molecular weight excluding hydrogens is 311 g/mol. The van der Waals surface area contributed by atoms with Gasteiger partial charge < -0.3 is 9.84 Å². The third kappa shape index (κ3) is 2.43.